The molecule has 11 heteroatoms. The zero-order valence-corrected chi connectivity index (χ0v) is 20.7. The van der Waals surface area contributed by atoms with Crippen molar-refractivity contribution in [2.24, 2.45) is 0 Å². The predicted molar refractivity (Wildman–Crippen MR) is 129 cm³/mol. The fraction of sp³-hybridized carbons (Fsp3) is 0.480. The lowest BCUT2D eigenvalue weighted by molar-refractivity contribution is -0.384. The van der Waals surface area contributed by atoms with Crippen molar-refractivity contribution in [3.63, 3.8) is 0 Å². The van der Waals surface area contributed by atoms with E-state index >= 15 is 0 Å². The van der Waals surface area contributed by atoms with Crippen LogP contribution < -0.4 is 5.32 Å². The highest BCUT2D eigenvalue weighted by Crippen LogP contribution is 2.39. The lowest BCUT2D eigenvalue weighted by atomic mass is 9.80. The van der Waals surface area contributed by atoms with Crippen LogP contribution >= 0.6 is 0 Å². The van der Waals surface area contributed by atoms with Gasteiger partial charge in [-0.15, -0.1) is 0 Å². The topological polar surface area (TPSA) is 143 Å². The van der Waals surface area contributed by atoms with Gasteiger partial charge in [0.1, 0.15) is 13.2 Å². The average molecular weight is 505 g/mol. The number of nitro benzene ring substituents is 1. The molecule has 1 heterocycles. The van der Waals surface area contributed by atoms with Gasteiger partial charge in [-0.1, -0.05) is 26.0 Å². The summed E-state index contributed by atoms with van der Waals surface area (Å²) in [5.74, 6) is -2.75. The first-order chi connectivity index (χ1) is 17.3. The molecular weight excluding hydrogens is 472 g/mol. The number of dihydropyridines is 1. The van der Waals surface area contributed by atoms with Crippen LogP contribution in [0.1, 0.15) is 45.1 Å². The summed E-state index contributed by atoms with van der Waals surface area (Å²) in [7, 11) is 0. The van der Waals surface area contributed by atoms with E-state index in [-0.39, 0.29) is 60.2 Å². The van der Waals surface area contributed by atoms with E-state index in [1.807, 2.05) is 13.8 Å². The van der Waals surface area contributed by atoms with Gasteiger partial charge in [-0.3, -0.25) is 14.9 Å². The number of carbonyl (C=O) groups excluding carboxylic acids is 3. The lowest BCUT2D eigenvalue weighted by Crippen LogP contribution is -2.34. The highest BCUT2D eigenvalue weighted by molar-refractivity contribution is 6.03. The minimum Gasteiger partial charge on any atom is -0.460 e. The number of nitrogens with one attached hydrogen (secondary N) is 1. The Kier molecular flexibility index (Phi) is 11.7. The molecule has 196 valence electrons. The van der Waals surface area contributed by atoms with Gasteiger partial charge in [0.25, 0.3) is 5.69 Å². The highest BCUT2D eigenvalue weighted by Gasteiger charge is 2.39. The third kappa shape index (κ3) is 7.72. The lowest BCUT2D eigenvalue weighted by Gasteiger charge is -2.29. The summed E-state index contributed by atoms with van der Waals surface area (Å²) < 4.78 is 21.4. The Balaban J connectivity index is 2.44. The van der Waals surface area contributed by atoms with Crippen LogP contribution in [-0.2, 0) is 33.3 Å². The monoisotopic (exact) mass is 504 g/mol. The normalized spacial score (nSPS) is 15.4. The van der Waals surface area contributed by atoms with Gasteiger partial charge in [0, 0.05) is 31.0 Å². The SMILES string of the molecule is CCCOCCOC(=O)C1=C(C)NC(C=O)=C(C(=O)OCCOCCC)C1c1cccc([N+](=O)[O-])c1. The van der Waals surface area contributed by atoms with Crippen molar-refractivity contribution < 1.29 is 38.3 Å². The summed E-state index contributed by atoms with van der Waals surface area (Å²) in [5.41, 5.74) is 0.0687. The second kappa shape index (κ2) is 14.7. The van der Waals surface area contributed by atoms with Crippen molar-refractivity contribution >= 4 is 23.9 Å². The maximum atomic E-state index is 13.1. The second-order valence-corrected chi connectivity index (χ2v) is 7.89. The maximum Gasteiger partial charge on any atom is 0.337 e. The minimum absolute atomic E-state index is 0.0317. The molecule has 11 nitrogen and oxygen atoms in total. The quantitative estimate of drug-likeness (QED) is 0.124. The number of non-ortho nitro benzene ring substituents is 1. The molecular formula is C25H32N2O9. The fourth-order valence-corrected chi connectivity index (χ4v) is 3.63. The Hall–Kier alpha value is -3.57. The number of rotatable bonds is 15. The zero-order chi connectivity index (χ0) is 26.5. The van der Waals surface area contributed by atoms with Gasteiger partial charge in [0.15, 0.2) is 6.29 Å². The molecule has 0 amide bonds. The molecule has 0 aliphatic carbocycles. The summed E-state index contributed by atoms with van der Waals surface area (Å²) in [6, 6.07) is 5.51. The van der Waals surface area contributed by atoms with Crippen LogP contribution in [-0.4, -0.2) is 62.8 Å². The van der Waals surface area contributed by atoms with Gasteiger partial charge >= 0.3 is 11.9 Å². The molecule has 1 aliphatic heterocycles. The summed E-state index contributed by atoms with van der Waals surface area (Å²) in [6.45, 7) is 6.68. The van der Waals surface area contributed by atoms with E-state index in [2.05, 4.69) is 5.32 Å². The van der Waals surface area contributed by atoms with Gasteiger partial charge in [0.05, 0.1) is 40.9 Å². The number of hydrogen-bond acceptors (Lipinski definition) is 10. The summed E-state index contributed by atoms with van der Waals surface area (Å²) in [4.78, 5) is 49.0. The number of benzene rings is 1. The first kappa shape index (κ1) is 28.7. The van der Waals surface area contributed by atoms with Crippen molar-refractivity contribution in [1.82, 2.24) is 5.32 Å². The Bertz CT molecular complexity index is 1020. The number of ether oxygens (including phenoxy) is 4. The smallest absolute Gasteiger partial charge is 0.337 e. The Labute approximate surface area is 209 Å². The molecule has 1 N–H and O–H groups in total. The van der Waals surface area contributed by atoms with Gasteiger partial charge in [-0.2, -0.15) is 0 Å². The standard InChI is InChI=1S/C25H32N2O9/c1-4-9-33-11-13-35-24(29)21-17(3)26-20(16-28)23(25(30)36-14-12-34-10-5-2)22(21)18-7-6-8-19(15-18)27(31)32/h6-8,15-16,22,26H,4-5,9-14H2,1-3H3. The highest BCUT2D eigenvalue weighted by atomic mass is 16.6. The summed E-state index contributed by atoms with van der Waals surface area (Å²) in [6.07, 6.45) is 2.05. The van der Waals surface area contributed by atoms with Crippen molar-refractivity contribution in [1.29, 1.82) is 0 Å². The third-order valence-corrected chi connectivity index (χ3v) is 5.18. The van der Waals surface area contributed by atoms with Gasteiger partial charge < -0.3 is 24.3 Å². The number of esters is 2. The van der Waals surface area contributed by atoms with E-state index < -0.39 is 22.8 Å². The molecule has 1 aromatic carbocycles. The van der Waals surface area contributed by atoms with E-state index in [1.54, 1.807) is 6.92 Å². The van der Waals surface area contributed by atoms with Gasteiger partial charge in [-0.25, -0.2) is 9.59 Å². The number of nitro groups is 1. The van der Waals surface area contributed by atoms with Crippen LogP contribution in [0.5, 0.6) is 0 Å². The Morgan fingerprint density at radius 3 is 2.08 bits per heavy atom. The number of carbonyl (C=O) groups is 3. The number of nitrogens with zero attached hydrogens (tertiary/aromatic N) is 1. The number of hydrogen-bond donors (Lipinski definition) is 1. The van der Waals surface area contributed by atoms with Crippen LogP contribution in [0.15, 0.2) is 46.8 Å². The third-order valence-electron chi connectivity index (χ3n) is 5.18. The number of aldehydes is 1. The van der Waals surface area contributed by atoms with Crippen molar-refractivity contribution in [3.05, 3.63) is 62.5 Å². The molecule has 1 atom stereocenters. The van der Waals surface area contributed by atoms with Crippen molar-refractivity contribution in [3.8, 4) is 0 Å². The van der Waals surface area contributed by atoms with Crippen LogP contribution in [0.2, 0.25) is 0 Å². The molecule has 1 aromatic rings. The molecule has 0 fully saturated rings. The molecule has 0 radical (unpaired) electrons. The molecule has 2 rings (SSSR count). The second-order valence-electron chi connectivity index (χ2n) is 7.89. The van der Waals surface area contributed by atoms with Gasteiger partial charge in [-0.05, 0) is 25.3 Å². The molecule has 36 heavy (non-hydrogen) atoms. The first-order valence-electron chi connectivity index (χ1n) is 11.8. The molecule has 0 aromatic heterocycles. The van der Waals surface area contributed by atoms with Crippen molar-refractivity contribution in [2.45, 2.75) is 39.5 Å². The molecule has 0 saturated heterocycles. The number of allylic oxidation sites excluding steroid dienone is 2. The predicted octanol–water partition coefficient (Wildman–Crippen LogP) is 2.95. The Morgan fingerprint density at radius 2 is 1.56 bits per heavy atom. The molecule has 1 unspecified atom stereocenters. The fourth-order valence-electron chi connectivity index (χ4n) is 3.63. The van der Waals surface area contributed by atoms with E-state index in [4.69, 9.17) is 18.9 Å². The molecule has 0 spiro atoms. The van der Waals surface area contributed by atoms with Crippen LogP contribution in [0.25, 0.3) is 0 Å². The van der Waals surface area contributed by atoms with E-state index in [0.717, 1.165) is 12.8 Å². The largest absolute Gasteiger partial charge is 0.460 e. The van der Waals surface area contributed by atoms with Crippen LogP contribution in [0.3, 0.4) is 0 Å². The zero-order valence-electron chi connectivity index (χ0n) is 20.7. The maximum absolute atomic E-state index is 13.1. The van der Waals surface area contributed by atoms with E-state index in [0.29, 0.717) is 19.5 Å². The van der Waals surface area contributed by atoms with E-state index in [1.165, 1.54) is 24.3 Å². The summed E-state index contributed by atoms with van der Waals surface area (Å²) in [5, 5.41) is 14.2. The molecule has 0 bridgehead atoms. The first-order valence-corrected chi connectivity index (χ1v) is 11.8. The summed E-state index contributed by atoms with van der Waals surface area (Å²) >= 11 is 0. The van der Waals surface area contributed by atoms with E-state index in [9.17, 15) is 24.5 Å². The van der Waals surface area contributed by atoms with Crippen molar-refractivity contribution in [2.75, 3.05) is 39.6 Å². The minimum atomic E-state index is -1.14. The molecule has 0 saturated carbocycles. The van der Waals surface area contributed by atoms with Crippen LogP contribution in [0, 0.1) is 10.1 Å². The van der Waals surface area contributed by atoms with Gasteiger partial charge in [0.2, 0.25) is 0 Å². The molecule has 1 aliphatic rings. The average Bonchev–Trinajstić information content (AvgIpc) is 2.87. The Morgan fingerprint density at radius 1 is 0.972 bits per heavy atom. The van der Waals surface area contributed by atoms with Crippen LogP contribution in [0.4, 0.5) is 5.69 Å².